The van der Waals surface area contributed by atoms with E-state index in [0.717, 1.165) is 0 Å². The molecule has 4 nitrogen and oxygen atoms in total. The van der Waals surface area contributed by atoms with E-state index < -0.39 is 5.97 Å². The zero-order chi connectivity index (χ0) is 14.2. The first-order valence-corrected chi connectivity index (χ1v) is 6.08. The fraction of sp³-hybridized carbons (Fsp3) is 0.0769. The van der Waals surface area contributed by atoms with Crippen LogP contribution in [0.5, 0.6) is 0 Å². The molecule has 0 unspecified atom stereocenters. The Bertz CT molecular complexity index is 750. The van der Waals surface area contributed by atoms with E-state index in [1.807, 2.05) is 0 Å². The minimum Gasteiger partial charge on any atom is -0.478 e. The monoisotopic (exact) mass is 297 g/mol. The Labute approximate surface area is 118 Å². The Hall–Kier alpha value is -1.78. The highest BCUT2D eigenvalue weighted by Crippen LogP contribution is 2.32. The van der Waals surface area contributed by atoms with Gasteiger partial charge in [-0.1, -0.05) is 29.3 Å². The summed E-state index contributed by atoms with van der Waals surface area (Å²) < 4.78 is 1.42. The summed E-state index contributed by atoms with van der Waals surface area (Å²) in [6.45, 7) is 3.86. The molecule has 0 radical (unpaired) electrons. The van der Waals surface area contributed by atoms with Gasteiger partial charge in [-0.15, -0.1) is 6.58 Å². The van der Waals surface area contributed by atoms with Crippen LogP contribution in [0.25, 0.3) is 10.9 Å². The Morgan fingerprint density at radius 1 is 1.42 bits per heavy atom. The normalized spacial score (nSPS) is 10.6. The van der Waals surface area contributed by atoms with Crippen molar-refractivity contribution in [1.29, 1.82) is 0 Å². The first kappa shape index (κ1) is 13.6. The number of benzene rings is 1. The van der Waals surface area contributed by atoms with Gasteiger partial charge in [-0.05, 0) is 12.1 Å². The number of hydrogen-bond acceptors (Lipinski definition) is 2. The Balaban J connectivity index is 2.95. The van der Waals surface area contributed by atoms with Crippen molar-refractivity contribution in [3.63, 3.8) is 0 Å². The number of carboxylic acids is 1. The van der Waals surface area contributed by atoms with E-state index in [1.165, 1.54) is 22.8 Å². The Morgan fingerprint density at radius 2 is 2.11 bits per heavy atom. The first-order chi connectivity index (χ1) is 8.97. The fourth-order valence-electron chi connectivity index (χ4n) is 1.88. The van der Waals surface area contributed by atoms with E-state index in [0.29, 0.717) is 10.9 Å². The molecule has 1 N–H and O–H groups in total. The summed E-state index contributed by atoms with van der Waals surface area (Å²) in [7, 11) is 0. The number of halogens is 2. The van der Waals surface area contributed by atoms with E-state index in [9.17, 15) is 9.59 Å². The molecule has 0 aliphatic carbocycles. The maximum atomic E-state index is 11.8. The molecule has 19 heavy (non-hydrogen) atoms. The van der Waals surface area contributed by atoms with Gasteiger partial charge >= 0.3 is 5.97 Å². The minimum absolute atomic E-state index is 0.00610. The van der Waals surface area contributed by atoms with Crippen LogP contribution in [0.1, 0.15) is 10.4 Å². The van der Waals surface area contributed by atoms with Crippen molar-refractivity contribution >= 4 is 40.1 Å². The van der Waals surface area contributed by atoms with Gasteiger partial charge in [0.1, 0.15) is 0 Å². The molecular formula is C13H9Cl2NO3. The summed E-state index contributed by atoms with van der Waals surface area (Å²) in [6.07, 6.45) is 1.56. The molecule has 6 heteroatoms. The van der Waals surface area contributed by atoms with Crippen LogP contribution in [0.3, 0.4) is 0 Å². The summed E-state index contributed by atoms with van der Waals surface area (Å²) in [5.41, 5.74) is 0.0784. The number of nitrogens with zero attached hydrogens (tertiary/aromatic N) is 1. The van der Waals surface area contributed by atoms with Crippen molar-refractivity contribution in [1.82, 2.24) is 4.57 Å². The highest BCUT2D eigenvalue weighted by molar-refractivity contribution is 6.42. The van der Waals surface area contributed by atoms with E-state index in [-0.39, 0.29) is 27.7 Å². The molecule has 0 saturated heterocycles. The molecule has 1 heterocycles. The van der Waals surface area contributed by atoms with Gasteiger partial charge in [0.05, 0.1) is 21.1 Å². The maximum Gasteiger partial charge on any atom is 0.338 e. The van der Waals surface area contributed by atoms with Crippen LogP contribution >= 0.6 is 23.2 Å². The molecule has 0 amide bonds. The maximum absolute atomic E-state index is 11.8. The van der Waals surface area contributed by atoms with Crippen LogP contribution in [0.4, 0.5) is 0 Å². The molecule has 2 rings (SSSR count). The number of fused-ring (bicyclic) bond motifs is 1. The zero-order valence-electron chi connectivity index (χ0n) is 9.69. The molecule has 1 aromatic carbocycles. The van der Waals surface area contributed by atoms with Gasteiger partial charge in [-0.25, -0.2) is 4.79 Å². The molecule has 0 aliphatic heterocycles. The van der Waals surface area contributed by atoms with Crippen LogP contribution in [0.15, 0.2) is 35.6 Å². The van der Waals surface area contributed by atoms with E-state index >= 15 is 0 Å². The lowest BCUT2D eigenvalue weighted by atomic mass is 10.1. The second kappa shape index (κ2) is 5.07. The van der Waals surface area contributed by atoms with Crippen molar-refractivity contribution in [3.8, 4) is 0 Å². The van der Waals surface area contributed by atoms with Crippen LogP contribution in [-0.2, 0) is 6.54 Å². The summed E-state index contributed by atoms with van der Waals surface area (Å²) >= 11 is 12.0. The van der Waals surface area contributed by atoms with Crippen molar-refractivity contribution < 1.29 is 9.90 Å². The highest BCUT2D eigenvalue weighted by Gasteiger charge is 2.18. The molecule has 0 fully saturated rings. The van der Waals surface area contributed by atoms with Crippen LogP contribution in [0, 0.1) is 0 Å². The number of carbonyl (C=O) groups is 1. The number of carboxylic acid groups (broad SMARTS) is 1. The number of allylic oxidation sites excluding steroid dienone is 1. The van der Waals surface area contributed by atoms with Crippen molar-refractivity contribution in [2.75, 3.05) is 0 Å². The van der Waals surface area contributed by atoms with Gasteiger partial charge in [0, 0.05) is 18.0 Å². The number of aromatic nitrogens is 1. The van der Waals surface area contributed by atoms with Gasteiger partial charge in [0.25, 0.3) is 5.56 Å². The number of pyridine rings is 1. The second-order valence-electron chi connectivity index (χ2n) is 3.86. The zero-order valence-corrected chi connectivity index (χ0v) is 11.2. The number of rotatable bonds is 3. The predicted molar refractivity (Wildman–Crippen MR) is 75.4 cm³/mol. The lowest BCUT2D eigenvalue weighted by Gasteiger charge is -2.11. The Morgan fingerprint density at radius 3 is 2.68 bits per heavy atom. The lowest BCUT2D eigenvalue weighted by molar-refractivity contribution is 0.0697. The molecule has 1 aromatic heterocycles. The quantitative estimate of drug-likeness (QED) is 0.885. The van der Waals surface area contributed by atoms with E-state index in [4.69, 9.17) is 28.3 Å². The largest absolute Gasteiger partial charge is 0.478 e. The van der Waals surface area contributed by atoms with E-state index in [1.54, 1.807) is 6.08 Å². The minimum atomic E-state index is -1.21. The molecule has 2 aromatic rings. The molecule has 98 valence electrons. The van der Waals surface area contributed by atoms with Crippen LogP contribution in [0.2, 0.25) is 10.0 Å². The highest BCUT2D eigenvalue weighted by atomic mass is 35.5. The molecule has 0 spiro atoms. The fourth-order valence-corrected chi connectivity index (χ4v) is 2.55. The summed E-state index contributed by atoms with van der Waals surface area (Å²) in [4.78, 5) is 22.9. The average Bonchev–Trinajstić information content (AvgIpc) is 2.32. The molecule has 0 atom stereocenters. The van der Waals surface area contributed by atoms with Gasteiger partial charge in [0.2, 0.25) is 0 Å². The molecule has 0 saturated carbocycles. The molecular weight excluding hydrogens is 289 g/mol. The first-order valence-electron chi connectivity index (χ1n) is 5.33. The van der Waals surface area contributed by atoms with Gasteiger partial charge in [-0.2, -0.15) is 0 Å². The predicted octanol–water partition coefficient (Wildman–Crippen LogP) is 3.19. The third-order valence-corrected chi connectivity index (χ3v) is 3.40. The van der Waals surface area contributed by atoms with Crippen LogP contribution in [-0.4, -0.2) is 15.6 Å². The van der Waals surface area contributed by atoms with Crippen molar-refractivity contribution in [3.05, 3.63) is 56.8 Å². The summed E-state index contributed by atoms with van der Waals surface area (Å²) in [5.74, 6) is -1.21. The third kappa shape index (κ3) is 2.25. The molecule has 0 aliphatic rings. The average molecular weight is 298 g/mol. The SMILES string of the molecule is C=CCn1c(=O)ccc2c(Cl)c(C(=O)O)c(Cl)cc21. The Kier molecular flexibility index (Phi) is 3.64. The van der Waals surface area contributed by atoms with Crippen molar-refractivity contribution in [2.45, 2.75) is 6.54 Å². The lowest BCUT2D eigenvalue weighted by Crippen LogP contribution is -2.18. The van der Waals surface area contributed by atoms with Crippen molar-refractivity contribution in [2.24, 2.45) is 0 Å². The van der Waals surface area contributed by atoms with Gasteiger partial charge in [0.15, 0.2) is 0 Å². The third-order valence-electron chi connectivity index (χ3n) is 2.71. The molecule has 0 bridgehead atoms. The number of aromatic carboxylic acids is 1. The summed E-state index contributed by atoms with van der Waals surface area (Å²) in [6, 6.07) is 4.25. The summed E-state index contributed by atoms with van der Waals surface area (Å²) in [5, 5.41) is 9.56. The second-order valence-corrected chi connectivity index (χ2v) is 4.64. The topological polar surface area (TPSA) is 59.3 Å². The van der Waals surface area contributed by atoms with Gasteiger partial charge < -0.3 is 9.67 Å². The van der Waals surface area contributed by atoms with Crippen LogP contribution < -0.4 is 5.56 Å². The van der Waals surface area contributed by atoms with Gasteiger partial charge in [-0.3, -0.25) is 4.79 Å². The standard InChI is InChI=1S/C13H9Cl2NO3/c1-2-5-16-9-6-8(14)11(13(18)19)12(15)7(9)3-4-10(16)17/h2-4,6H,1,5H2,(H,18,19). The van der Waals surface area contributed by atoms with E-state index in [2.05, 4.69) is 6.58 Å². The smallest absolute Gasteiger partial charge is 0.338 e. The number of hydrogen-bond donors (Lipinski definition) is 1.